The molecule has 4 nitrogen and oxygen atoms in total. The van der Waals surface area contributed by atoms with Crippen molar-refractivity contribution in [3.05, 3.63) is 17.0 Å². The Labute approximate surface area is 130 Å². The first-order chi connectivity index (χ1) is 9.49. The molecule has 0 amide bonds. The van der Waals surface area contributed by atoms with Gasteiger partial charge in [0.15, 0.2) is 0 Å². The van der Waals surface area contributed by atoms with Crippen LogP contribution >= 0.6 is 0 Å². The smallest absolute Gasteiger partial charge is 0.0669 e. The fourth-order valence-electron chi connectivity index (χ4n) is 2.31. The van der Waals surface area contributed by atoms with E-state index in [0.717, 1.165) is 25.2 Å². The van der Waals surface area contributed by atoms with Gasteiger partial charge in [-0.3, -0.25) is 4.68 Å². The highest BCUT2D eigenvalue weighted by Crippen LogP contribution is 2.14. The standard InChI is InChI=1S/C17H33N3O/c1-13-15(9-10-18-16(3,4)5)14(2)20(19-13)11-12-21-17(6,7)8/h18H,9-12H2,1-8H3. The van der Waals surface area contributed by atoms with E-state index in [-0.39, 0.29) is 11.1 Å². The van der Waals surface area contributed by atoms with Gasteiger partial charge in [-0.1, -0.05) is 0 Å². The minimum atomic E-state index is -0.0877. The lowest BCUT2D eigenvalue weighted by Gasteiger charge is -2.20. The summed E-state index contributed by atoms with van der Waals surface area (Å²) in [6.45, 7) is 19.6. The van der Waals surface area contributed by atoms with E-state index >= 15 is 0 Å². The second-order valence-corrected chi connectivity index (χ2v) is 7.76. The molecule has 1 heterocycles. The monoisotopic (exact) mass is 295 g/mol. The van der Waals surface area contributed by atoms with Gasteiger partial charge in [-0.05, 0) is 73.9 Å². The van der Waals surface area contributed by atoms with Crippen molar-refractivity contribution < 1.29 is 4.74 Å². The van der Waals surface area contributed by atoms with Crippen LogP contribution < -0.4 is 5.32 Å². The van der Waals surface area contributed by atoms with Crippen LogP contribution in [0.25, 0.3) is 0 Å². The fraction of sp³-hybridized carbons (Fsp3) is 0.824. The molecule has 0 radical (unpaired) electrons. The van der Waals surface area contributed by atoms with Crippen molar-refractivity contribution in [1.82, 2.24) is 15.1 Å². The summed E-state index contributed by atoms with van der Waals surface area (Å²) in [7, 11) is 0. The Kier molecular flexibility index (Phi) is 6.00. The number of nitrogens with zero attached hydrogens (tertiary/aromatic N) is 2. The molecule has 0 unspecified atom stereocenters. The highest BCUT2D eigenvalue weighted by Gasteiger charge is 2.14. The second-order valence-electron chi connectivity index (χ2n) is 7.76. The third-order valence-electron chi connectivity index (χ3n) is 3.40. The van der Waals surface area contributed by atoms with Crippen molar-refractivity contribution in [1.29, 1.82) is 0 Å². The average Bonchev–Trinajstić information content (AvgIpc) is 2.53. The number of aryl methyl sites for hydroxylation is 1. The number of aromatic nitrogens is 2. The van der Waals surface area contributed by atoms with Gasteiger partial charge >= 0.3 is 0 Å². The third-order valence-corrected chi connectivity index (χ3v) is 3.40. The summed E-state index contributed by atoms with van der Waals surface area (Å²) in [5.74, 6) is 0. The molecule has 0 aliphatic heterocycles. The molecule has 1 rings (SSSR count). The number of hydrogen-bond acceptors (Lipinski definition) is 3. The average molecular weight is 295 g/mol. The predicted molar refractivity (Wildman–Crippen MR) is 88.9 cm³/mol. The van der Waals surface area contributed by atoms with Gasteiger partial charge in [-0.2, -0.15) is 5.10 Å². The van der Waals surface area contributed by atoms with Gasteiger partial charge in [0.25, 0.3) is 0 Å². The van der Waals surface area contributed by atoms with Crippen LogP contribution in [0.1, 0.15) is 58.5 Å². The van der Waals surface area contributed by atoms with Crippen LogP contribution in [0.2, 0.25) is 0 Å². The van der Waals surface area contributed by atoms with Crippen molar-refractivity contribution in [3.63, 3.8) is 0 Å². The van der Waals surface area contributed by atoms with E-state index in [9.17, 15) is 0 Å². The topological polar surface area (TPSA) is 39.1 Å². The number of nitrogens with one attached hydrogen (secondary N) is 1. The Morgan fingerprint density at radius 3 is 2.24 bits per heavy atom. The van der Waals surface area contributed by atoms with Crippen molar-refractivity contribution in [2.75, 3.05) is 13.2 Å². The molecule has 0 bridgehead atoms. The van der Waals surface area contributed by atoms with E-state index in [1.54, 1.807) is 0 Å². The molecule has 0 aliphatic rings. The minimum Gasteiger partial charge on any atom is -0.374 e. The second kappa shape index (κ2) is 6.93. The first-order valence-corrected chi connectivity index (χ1v) is 7.91. The van der Waals surface area contributed by atoms with Gasteiger partial charge in [0, 0.05) is 11.2 Å². The minimum absolute atomic E-state index is 0.0877. The SMILES string of the molecule is Cc1nn(CCOC(C)(C)C)c(C)c1CCNC(C)(C)C. The van der Waals surface area contributed by atoms with E-state index in [0.29, 0.717) is 6.61 Å². The summed E-state index contributed by atoms with van der Waals surface area (Å²) in [5.41, 5.74) is 3.84. The maximum Gasteiger partial charge on any atom is 0.0669 e. The van der Waals surface area contributed by atoms with E-state index in [4.69, 9.17) is 4.74 Å². The largest absolute Gasteiger partial charge is 0.374 e. The predicted octanol–water partition coefficient (Wildman–Crippen LogP) is 3.25. The first kappa shape index (κ1) is 18.2. The molecule has 0 spiro atoms. The van der Waals surface area contributed by atoms with Gasteiger partial charge in [0.05, 0.1) is 24.4 Å². The lowest BCUT2D eigenvalue weighted by atomic mass is 10.1. The zero-order chi connectivity index (χ0) is 16.3. The zero-order valence-corrected chi connectivity index (χ0v) is 15.1. The third kappa shape index (κ3) is 6.62. The Morgan fingerprint density at radius 1 is 1.10 bits per heavy atom. The molecule has 0 aromatic carbocycles. The molecule has 0 fully saturated rings. The molecular formula is C17H33N3O. The Morgan fingerprint density at radius 2 is 1.71 bits per heavy atom. The van der Waals surface area contributed by atoms with Gasteiger partial charge in [-0.15, -0.1) is 0 Å². The van der Waals surface area contributed by atoms with Gasteiger partial charge in [-0.25, -0.2) is 0 Å². The van der Waals surface area contributed by atoms with E-state index in [1.807, 2.05) is 0 Å². The van der Waals surface area contributed by atoms with Crippen LogP contribution in [0.4, 0.5) is 0 Å². The van der Waals surface area contributed by atoms with Crippen molar-refractivity contribution >= 4 is 0 Å². The zero-order valence-electron chi connectivity index (χ0n) is 15.1. The summed E-state index contributed by atoms with van der Waals surface area (Å²) in [5, 5.41) is 8.19. The molecule has 1 aromatic rings. The van der Waals surface area contributed by atoms with Gasteiger partial charge < -0.3 is 10.1 Å². The Bertz CT molecular complexity index is 450. The Balaban J connectivity index is 2.59. The summed E-state index contributed by atoms with van der Waals surface area (Å²) in [6, 6.07) is 0. The normalized spacial score (nSPS) is 13.0. The Hall–Kier alpha value is -0.870. The summed E-state index contributed by atoms with van der Waals surface area (Å²) in [6.07, 6.45) is 1.02. The highest BCUT2D eigenvalue weighted by molar-refractivity contribution is 5.24. The quantitative estimate of drug-likeness (QED) is 0.875. The van der Waals surface area contributed by atoms with Crippen molar-refractivity contribution in [2.45, 2.75) is 79.5 Å². The number of hydrogen-bond donors (Lipinski definition) is 1. The first-order valence-electron chi connectivity index (χ1n) is 7.91. The lowest BCUT2D eigenvalue weighted by Crippen LogP contribution is -2.37. The van der Waals surface area contributed by atoms with Gasteiger partial charge in [0.2, 0.25) is 0 Å². The van der Waals surface area contributed by atoms with Crippen LogP contribution in [-0.2, 0) is 17.7 Å². The fourth-order valence-corrected chi connectivity index (χ4v) is 2.31. The van der Waals surface area contributed by atoms with E-state index in [1.165, 1.54) is 11.3 Å². The van der Waals surface area contributed by atoms with Crippen LogP contribution in [0.3, 0.4) is 0 Å². The van der Waals surface area contributed by atoms with Crippen molar-refractivity contribution in [3.8, 4) is 0 Å². The molecule has 0 saturated carbocycles. The number of rotatable bonds is 6. The van der Waals surface area contributed by atoms with Gasteiger partial charge in [0.1, 0.15) is 0 Å². The summed E-state index contributed by atoms with van der Waals surface area (Å²) >= 11 is 0. The van der Waals surface area contributed by atoms with Crippen LogP contribution in [0.5, 0.6) is 0 Å². The molecule has 1 aromatic heterocycles. The highest BCUT2D eigenvalue weighted by atomic mass is 16.5. The molecule has 4 heteroatoms. The maximum atomic E-state index is 5.79. The van der Waals surface area contributed by atoms with Crippen molar-refractivity contribution in [2.24, 2.45) is 0 Å². The molecular weight excluding hydrogens is 262 g/mol. The molecule has 0 saturated heterocycles. The lowest BCUT2D eigenvalue weighted by molar-refractivity contribution is -0.00810. The number of ether oxygens (including phenoxy) is 1. The van der Waals surface area contributed by atoms with E-state index in [2.05, 4.69) is 70.5 Å². The van der Waals surface area contributed by atoms with Crippen LogP contribution in [-0.4, -0.2) is 34.1 Å². The summed E-state index contributed by atoms with van der Waals surface area (Å²) < 4.78 is 7.87. The van der Waals surface area contributed by atoms with Crippen LogP contribution in [0.15, 0.2) is 0 Å². The molecule has 0 aliphatic carbocycles. The van der Waals surface area contributed by atoms with Crippen LogP contribution in [0, 0.1) is 13.8 Å². The molecule has 122 valence electrons. The van der Waals surface area contributed by atoms with E-state index < -0.39 is 0 Å². The molecule has 0 atom stereocenters. The maximum absolute atomic E-state index is 5.79. The molecule has 21 heavy (non-hydrogen) atoms. The molecule has 1 N–H and O–H groups in total. The summed E-state index contributed by atoms with van der Waals surface area (Å²) in [4.78, 5) is 0.